The van der Waals surface area contributed by atoms with Gasteiger partial charge in [0.1, 0.15) is 19.3 Å². The lowest BCUT2D eigenvalue weighted by molar-refractivity contribution is -0.161. The summed E-state index contributed by atoms with van der Waals surface area (Å²) < 4.78 is 68.5. The van der Waals surface area contributed by atoms with Gasteiger partial charge in [0, 0.05) is 25.7 Å². The largest absolute Gasteiger partial charge is 0.472 e. The number of hydrogen-bond donors (Lipinski definition) is 3. The van der Waals surface area contributed by atoms with Crippen LogP contribution in [0.2, 0.25) is 0 Å². The summed E-state index contributed by atoms with van der Waals surface area (Å²) in [6.07, 6.45) is 51.4. The van der Waals surface area contributed by atoms with Crippen molar-refractivity contribution in [1.82, 2.24) is 0 Å². The molecule has 0 amide bonds. The smallest absolute Gasteiger partial charge is 0.462 e. The third kappa shape index (κ3) is 67.9. The van der Waals surface area contributed by atoms with Crippen molar-refractivity contribution < 1.29 is 80.2 Å². The molecule has 0 rings (SSSR count). The fourth-order valence-electron chi connectivity index (χ4n) is 11.7. The molecular weight excluding hydrogens is 1260 g/mol. The second-order valence-corrected chi connectivity index (χ2v) is 32.1. The van der Waals surface area contributed by atoms with Gasteiger partial charge in [-0.2, -0.15) is 0 Å². The Hall–Kier alpha value is -1.94. The molecule has 0 saturated carbocycles. The molecule has 17 nitrogen and oxygen atoms in total. The Morgan fingerprint density at radius 2 is 0.500 bits per heavy atom. The number of aliphatic hydroxyl groups is 1. The van der Waals surface area contributed by atoms with Gasteiger partial charge in [-0.3, -0.25) is 37.3 Å². The molecule has 0 saturated heterocycles. The molecule has 0 aromatic carbocycles. The minimum atomic E-state index is -4.96. The maximum atomic E-state index is 13.1. The number of carbonyl (C=O) groups is 4. The third-order valence-electron chi connectivity index (χ3n) is 18.5. The molecular formula is C77H150O17P2. The number of hydrogen-bond acceptors (Lipinski definition) is 15. The summed E-state index contributed by atoms with van der Waals surface area (Å²) in [6.45, 7) is 14.2. The number of ether oxygens (including phenoxy) is 4. The molecule has 19 heteroatoms. The van der Waals surface area contributed by atoms with Gasteiger partial charge < -0.3 is 33.8 Å². The molecule has 0 aromatic heterocycles. The van der Waals surface area contributed by atoms with E-state index in [-0.39, 0.29) is 25.7 Å². The van der Waals surface area contributed by atoms with Crippen molar-refractivity contribution in [1.29, 1.82) is 0 Å². The average molecular weight is 1410 g/mol. The number of carbonyl (C=O) groups excluding carboxylic acids is 4. The molecule has 4 unspecified atom stereocenters. The molecule has 0 radical (unpaired) electrons. The van der Waals surface area contributed by atoms with Crippen LogP contribution in [-0.2, 0) is 65.4 Å². The number of phosphoric acid groups is 2. The first-order valence-electron chi connectivity index (χ1n) is 39.8. The summed E-state index contributed by atoms with van der Waals surface area (Å²) in [4.78, 5) is 72.8. The van der Waals surface area contributed by atoms with E-state index in [0.717, 1.165) is 126 Å². The standard InChI is InChI=1S/C77H150O17P2/c1-9-69(7)55-47-39-33-35-41-49-57-74(79)87-63-72(93-76(81)59-51-43-31-27-23-19-15-11-13-17-21-25-29-37-45-53-67(3)4)65-91-95(83,84)89-61-71(78)62-90-96(85,86)92-66-73(64-88-75(80)58-50-42-36-34-40-48-56-70(8)10-2)94-77(82)60-52-44-32-28-24-20-16-12-14-18-22-26-30-38-46-54-68(5)6/h67-73,78H,9-66H2,1-8H3,(H,83,84)(H,85,86)/t69?,70?,71?,72-,73-/m1/s1. The summed E-state index contributed by atoms with van der Waals surface area (Å²) in [5, 5.41) is 10.6. The van der Waals surface area contributed by atoms with Crippen LogP contribution in [0.1, 0.15) is 389 Å². The predicted molar refractivity (Wildman–Crippen MR) is 391 cm³/mol. The van der Waals surface area contributed by atoms with Gasteiger partial charge in [0.15, 0.2) is 12.2 Å². The highest BCUT2D eigenvalue weighted by Gasteiger charge is 2.30. The molecule has 0 aliphatic carbocycles. The highest BCUT2D eigenvalue weighted by molar-refractivity contribution is 7.47. The minimum Gasteiger partial charge on any atom is -0.462 e. The molecule has 0 aromatic rings. The Morgan fingerprint density at radius 3 is 0.740 bits per heavy atom. The van der Waals surface area contributed by atoms with Crippen molar-refractivity contribution in [2.75, 3.05) is 39.6 Å². The monoisotopic (exact) mass is 1410 g/mol. The molecule has 0 aliphatic rings. The zero-order valence-corrected chi connectivity index (χ0v) is 64.8. The second kappa shape index (κ2) is 66.3. The predicted octanol–water partition coefficient (Wildman–Crippen LogP) is 22.4. The van der Waals surface area contributed by atoms with Crippen LogP contribution in [0.25, 0.3) is 0 Å². The van der Waals surface area contributed by atoms with Crippen LogP contribution in [0.5, 0.6) is 0 Å². The average Bonchev–Trinajstić information content (AvgIpc) is 1.24. The molecule has 6 atom stereocenters. The zero-order chi connectivity index (χ0) is 71.0. The lowest BCUT2D eigenvalue weighted by atomic mass is 10.00. The molecule has 0 aliphatic heterocycles. The van der Waals surface area contributed by atoms with E-state index < -0.39 is 97.5 Å². The van der Waals surface area contributed by atoms with Crippen molar-refractivity contribution in [3.8, 4) is 0 Å². The van der Waals surface area contributed by atoms with E-state index in [1.165, 1.54) is 180 Å². The Bertz CT molecular complexity index is 1760. The van der Waals surface area contributed by atoms with Gasteiger partial charge in [-0.25, -0.2) is 9.13 Å². The molecule has 570 valence electrons. The van der Waals surface area contributed by atoms with Gasteiger partial charge in [0.2, 0.25) is 0 Å². The van der Waals surface area contributed by atoms with E-state index in [2.05, 4.69) is 55.4 Å². The fourth-order valence-corrected chi connectivity index (χ4v) is 13.2. The number of aliphatic hydroxyl groups excluding tert-OH is 1. The van der Waals surface area contributed by atoms with Crippen LogP contribution in [-0.4, -0.2) is 96.7 Å². The molecule has 0 fully saturated rings. The second-order valence-electron chi connectivity index (χ2n) is 29.2. The Labute approximate surface area is 588 Å². The summed E-state index contributed by atoms with van der Waals surface area (Å²) in [5.41, 5.74) is 0. The highest BCUT2D eigenvalue weighted by Crippen LogP contribution is 2.45. The first kappa shape index (κ1) is 94.1. The fraction of sp³-hybridized carbons (Fsp3) is 0.948. The van der Waals surface area contributed by atoms with Gasteiger partial charge >= 0.3 is 39.5 Å². The first-order valence-corrected chi connectivity index (χ1v) is 42.8. The van der Waals surface area contributed by atoms with Gasteiger partial charge in [-0.15, -0.1) is 0 Å². The molecule has 0 heterocycles. The van der Waals surface area contributed by atoms with E-state index >= 15 is 0 Å². The Balaban J connectivity index is 5.21. The molecule has 0 bridgehead atoms. The Morgan fingerprint density at radius 1 is 0.292 bits per heavy atom. The van der Waals surface area contributed by atoms with Crippen molar-refractivity contribution in [3.05, 3.63) is 0 Å². The van der Waals surface area contributed by atoms with E-state index in [1.807, 2.05) is 0 Å². The molecule has 0 spiro atoms. The highest BCUT2D eigenvalue weighted by atomic mass is 31.2. The lowest BCUT2D eigenvalue weighted by Gasteiger charge is -2.21. The maximum Gasteiger partial charge on any atom is 0.472 e. The van der Waals surface area contributed by atoms with E-state index in [1.54, 1.807) is 0 Å². The lowest BCUT2D eigenvalue weighted by Crippen LogP contribution is -2.30. The normalized spacial score (nSPS) is 14.7. The van der Waals surface area contributed by atoms with Crippen LogP contribution in [0.4, 0.5) is 0 Å². The summed E-state index contributed by atoms with van der Waals surface area (Å²) in [5.74, 6) is 0.945. The van der Waals surface area contributed by atoms with Crippen LogP contribution in [0.15, 0.2) is 0 Å². The van der Waals surface area contributed by atoms with Crippen LogP contribution < -0.4 is 0 Å². The van der Waals surface area contributed by atoms with Gasteiger partial charge in [0.25, 0.3) is 0 Å². The SMILES string of the molecule is CCC(C)CCCCCCCCC(=O)OC[C@H](COP(=O)(O)OCC(O)COP(=O)(O)OC[C@@H](COC(=O)CCCCCCCCC(C)CC)OC(=O)CCCCCCCCCCCCCCCCCC(C)C)OC(=O)CCCCCCCCCCCCCCCCCC(C)C. The zero-order valence-electron chi connectivity index (χ0n) is 63.0. The number of phosphoric ester groups is 2. The summed E-state index contributed by atoms with van der Waals surface area (Å²) in [7, 11) is -9.91. The van der Waals surface area contributed by atoms with Crippen molar-refractivity contribution in [2.24, 2.45) is 23.7 Å². The number of unbranched alkanes of at least 4 members (excludes halogenated alkanes) is 38. The quantitative estimate of drug-likeness (QED) is 0.0222. The third-order valence-corrected chi connectivity index (χ3v) is 20.4. The summed E-state index contributed by atoms with van der Waals surface area (Å²) >= 11 is 0. The van der Waals surface area contributed by atoms with E-state index in [9.17, 15) is 43.2 Å². The minimum absolute atomic E-state index is 0.106. The maximum absolute atomic E-state index is 13.1. The summed E-state index contributed by atoms with van der Waals surface area (Å²) in [6, 6.07) is 0. The van der Waals surface area contributed by atoms with Crippen LogP contribution in [0.3, 0.4) is 0 Å². The van der Waals surface area contributed by atoms with Crippen LogP contribution in [0, 0.1) is 23.7 Å². The Kier molecular flexibility index (Phi) is 65.0. The number of esters is 4. The van der Waals surface area contributed by atoms with Gasteiger partial charge in [-0.1, -0.05) is 338 Å². The first-order chi connectivity index (χ1) is 46.2. The van der Waals surface area contributed by atoms with Crippen LogP contribution >= 0.6 is 15.6 Å². The van der Waals surface area contributed by atoms with Crippen molar-refractivity contribution >= 4 is 39.5 Å². The van der Waals surface area contributed by atoms with Gasteiger partial charge in [0.05, 0.1) is 26.4 Å². The van der Waals surface area contributed by atoms with E-state index in [4.69, 9.17) is 37.0 Å². The molecule has 96 heavy (non-hydrogen) atoms. The van der Waals surface area contributed by atoms with Gasteiger partial charge in [-0.05, 0) is 49.4 Å². The topological polar surface area (TPSA) is 237 Å². The van der Waals surface area contributed by atoms with Crippen molar-refractivity contribution in [2.45, 2.75) is 408 Å². The van der Waals surface area contributed by atoms with E-state index in [0.29, 0.717) is 25.7 Å². The van der Waals surface area contributed by atoms with Crippen molar-refractivity contribution in [3.63, 3.8) is 0 Å². The number of rotatable bonds is 74. The molecule has 3 N–H and O–H groups in total.